The second kappa shape index (κ2) is 9.31. The van der Waals surface area contributed by atoms with Crippen molar-refractivity contribution in [3.8, 4) is 16.3 Å². The van der Waals surface area contributed by atoms with Crippen molar-refractivity contribution >= 4 is 47.5 Å². The zero-order valence-corrected chi connectivity index (χ0v) is 17.5. The van der Waals surface area contributed by atoms with E-state index in [-0.39, 0.29) is 24.8 Å². The molecule has 0 amide bonds. The molecule has 3 aromatic rings. The number of hydrogen-bond acceptors (Lipinski definition) is 5. The van der Waals surface area contributed by atoms with E-state index in [1.807, 2.05) is 30.3 Å². The van der Waals surface area contributed by atoms with Gasteiger partial charge in [0.1, 0.15) is 10.8 Å². The van der Waals surface area contributed by atoms with E-state index in [4.69, 9.17) is 15.5 Å². The van der Waals surface area contributed by atoms with E-state index in [0.29, 0.717) is 0 Å². The third kappa shape index (κ3) is 4.49. The van der Waals surface area contributed by atoms with Gasteiger partial charge in [-0.3, -0.25) is 0 Å². The number of aromatic nitrogens is 1. The van der Waals surface area contributed by atoms with Gasteiger partial charge in [0, 0.05) is 28.9 Å². The molecule has 0 saturated carbocycles. The van der Waals surface area contributed by atoms with Gasteiger partial charge in [0.25, 0.3) is 0 Å². The lowest BCUT2D eigenvalue weighted by molar-refractivity contribution is 0.415. The summed E-state index contributed by atoms with van der Waals surface area (Å²) >= 11 is 1.68. The predicted octanol–water partition coefficient (Wildman–Crippen LogP) is 5.20. The minimum atomic E-state index is 0. The fourth-order valence-corrected chi connectivity index (χ4v) is 4.16. The third-order valence-corrected chi connectivity index (χ3v) is 5.54. The van der Waals surface area contributed by atoms with Crippen molar-refractivity contribution in [1.82, 2.24) is 4.98 Å². The van der Waals surface area contributed by atoms with Gasteiger partial charge in [-0.2, -0.15) is 0 Å². The van der Waals surface area contributed by atoms with Crippen LogP contribution in [0.15, 0.2) is 47.8 Å². The number of nitrogens with zero attached hydrogens (tertiary/aromatic N) is 2. The Bertz CT molecular complexity index is 900. The molecule has 0 unspecified atom stereocenters. The molecule has 2 aromatic carbocycles. The molecule has 0 aliphatic carbocycles. The highest BCUT2D eigenvalue weighted by Gasteiger charge is 2.19. The molecular formula is C20H23Cl2N3OS. The number of nitrogen functional groups attached to an aromatic ring is 1. The number of hydrogen-bond donors (Lipinski definition) is 1. The first kappa shape index (κ1) is 21.4. The SMILES string of the molecule is COc1cccc(-c2nc(CN3CCCc4c(N)cccc43)cs2)c1.Cl.Cl. The summed E-state index contributed by atoms with van der Waals surface area (Å²) in [6, 6.07) is 14.2. The van der Waals surface area contributed by atoms with E-state index in [1.54, 1.807) is 18.4 Å². The number of rotatable bonds is 4. The van der Waals surface area contributed by atoms with Crippen molar-refractivity contribution in [2.75, 3.05) is 24.3 Å². The Morgan fingerprint density at radius 2 is 2.00 bits per heavy atom. The van der Waals surface area contributed by atoms with Crippen LogP contribution in [0.4, 0.5) is 11.4 Å². The molecule has 1 aromatic heterocycles. The Morgan fingerprint density at radius 3 is 2.81 bits per heavy atom. The first-order chi connectivity index (χ1) is 12.2. The standard InChI is InChI=1S/C20H21N3OS.2ClH/c1-24-16-6-2-5-14(11-16)20-22-15(13-25-20)12-23-10-4-7-17-18(21)8-3-9-19(17)23;;/h2-3,5-6,8-9,11,13H,4,7,10,12,21H2,1H3;2*1H. The number of thiazole rings is 1. The Hall–Kier alpha value is -1.95. The van der Waals surface area contributed by atoms with Gasteiger partial charge in [-0.1, -0.05) is 18.2 Å². The molecule has 0 atom stereocenters. The van der Waals surface area contributed by atoms with E-state index >= 15 is 0 Å². The Kier molecular flexibility index (Phi) is 7.36. The molecule has 1 aliphatic rings. The molecule has 0 saturated heterocycles. The monoisotopic (exact) mass is 423 g/mol. The van der Waals surface area contributed by atoms with Crippen LogP contribution in [0, 0.1) is 0 Å². The zero-order valence-electron chi connectivity index (χ0n) is 15.1. The van der Waals surface area contributed by atoms with E-state index in [1.165, 1.54) is 11.3 Å². The first-order valence-electron chi connectivity index (χ1n) is 8.46. The lowest BCUT2D eigenvalue weighted by Gasteiger charge is -2.31. The van der Waals surface area contributed by atoms with Crippen LogP contribution in [0.3, 0.4) is 0 Å². The smallest absolute Gasteiger partial charge is 0.123 e. The average molecular weight is 424 g/mol. The number of fused-ring (bicyclic) bond motifs is 1. The van der Waals surface area contributed by atoms with Crippen LogP contribution in [-0.4, -0.2) is 18.6 Å². The second-order valence-corrected chi connectivity index (χ2v) is 7.10. The summed E-state index contributed by atoms with van der Waals surface area (Å²) < 4.78 is 5.31. The number of nitrogens with two attached hydrogens (primary N) is 1. The summed E-state index contributed by atoms with van der Waals surface area (Å²) in [5.74, 6) is 0.856. The Balaban J connectivity index is 0.00000131. The van der Waals surface area contributed by atoms with Crippen LogP contribution in [0.1, 0.15) is 17.7 Å². The molecule has 1 aliphatic heterocycles. The number of methoxy groups -OCH3 is 1. The topological polar surface area (TPSA) is 51.4 Å². The number of anilines is 2. The Morgan fingerprint density at radius 1 is 1.19 bits per heavy atom. The van der Waals surface area contributed by atoms with Crippen molar-refractivity contribution in [2.45, 2.75) is 19.4 Å². The maximum absolute atomic E-state index is 6.15. The summed E-state index contributed by atoms with van der Waals surface area (Å²) in [6.07, 6.45) is 2.19. The van der Waals surface area contributed by atoms with Crippen LogP contribution in [0.5, 0.6) is 5.75 Å². The molecule has 2 heterocycles. The average Bonchev–Trinajstić information content (AvgIpc) is 3.11. The summed E-state index contributed by atoms with van der Waals surface area (Å²) in [4.78, 5) is 7.22. The largest absolute Gasteiger partial charge is 0.497 e. The van der Waals surface area contributed by atoms with Crippen LogP contribution in [0.2, 0.25) is 0 Å². The van der Waals surface area contributed by atoms with Gasteiger partial charge in [-0.15, -0.1) is 36.2 Å². The number of ether oxygens (including phenoxy) is 1. The molecule has 144 valence electrons. The Labute approximate surface area is 176 Å². The van der Waals surface area contributed by atoms with Gasteiger partial charge in [0.2, 0.25) is 0 Å². The van der Waals surface area contributed by atoms with Gasteiger partial charge in [0.15, 0.2) is 0 Å². The van der Waals surface area contributed by atoms with Crippen molar-refractivity contribution in [3.05, 3.63) is 59.1 Å². The highest BCUT2D eigenvalue weighted by molar-refractivity contribution is 7.13. The number of halogens is 2. The second-order valence-electron chi connectivity index (χ2n) is 6.25. The molecule has 7 heteroatoms. The van der Waals surface area contributed by atoms with Crippen LogP contribution in [-0.2, 0) is 13.0 Å². The van der Waals surface area contributed by atoms with E-state index in [9.17, 15) is 0 Å². The van der Waals surface area contributed by atoms with Crippen LogP contribution in [0.25, 0.3) is 10.6 Å². The molecule has 27 heavy (non-hydrogen) atoms. The quantitative estimate of drug-likeness (QED) is 0.585. The highest BCUT2D eigenvalue weighted by atomic mass is 35.5. The highest BCUT2D eigenvalue weighted by Crippen LogP contribution is 2.33. The van der Waals surface area contributed by atoms with E-state index < -0.39 is 0 Å². The number of benzene rings is 2. The van der Waals surface area contributed by atoms with E-state index in [0.717, 1.165) is 53.6 Å². The molecular weight excluding hydrogens is 401 g/mol. The summed E-state index contributed by atoms with van der Waals surface area (Å²) in [5, 5.41) is 3.17. The molecule has 2 N–H and O–H groups in total. The lowest BCUT2D eigenvalue weighted by Crippen LogP contribution is -2.29. The minimum Gasteiger partial charge on any atom is -0.497 e. The van der Waals surface area contributed by atoms with Crippen LogP contribution >= 0.6 is 36.2 Å². The molecule has 0 spiro atoms. The van der Waals surface area contributed by atoms with Gasteiger partial charge in [-0.25, -0.2) is 4.98 Å². The minimum absolute atomic E-state index is 0. The van der Waals surface area contributed by atoms with Crippen molar-refractivity contribution in [1.29, 1.82) is 0 Å². The molecule has 0 fully saturated rings. The van der Waals surface area contributed by atoms with E-state index in [2.05, 4.69) is 22.4 Å². The third-order valence-electron chi connectivity index (χ3n) is 4.60. The van der Waals surface area contributed by atoms with Crippen LogP contribution < -0.4 is 15.4 Å². The van der Waals surface area contributed by atoms with Crippen molar-refractivity contribution < 1.29 is 4.74 Å². The molecule has 0 radical (unpaired) electrons. The molecule has 4 rings (SSSR count). The lowest BCUT2D eigenvalue weighted by atomic mass is 10.00. The van der Waals surface area contributed by atoms with Gasteiger partial charge in [-0.05, 0) is 42.7 Å². The van der Waals surface area contributed by atoms with Gasteiger partial charge < -0.3 is 15.4 Å². The first-order valence-corrected chi connectivity index (χ1v) is 9.33. The molecule has 0 bridgehead atoms. The van der Waals surface area contributed by atoms with Gasteiger partial charge in [0.05, 0.1) is 19.3 Å². The summed E-state index contributed by atoms with van der Waals surface area (Å²) in [5.41, 5.74) is 11.8. The normalized spacial score (nSPS) is 12.6. The van der Waals surface area contributed by atoms with Gasteiger partial charge >= 0.3 is 0 Å². The van der Waals surface area contributed by atoms with Crippen molar-refractivity contribution in [2.24, 2.45) is 0 Å². The fraction of sp³-hybridized carbons (Fsp3) is 0.250. The van der Waals surface area contributed by atoms with Crippen molar-refractivity contribution in [3.63, 3.8) is 0 Å². The fourth-order valence-electron chi connectivity index (χ4n) is 3.36. The molecule has 4 nitrogen and oxygen atoms in total. The zero-order chi connectivity index (χ0) is 17.2. The maximum Gasteiger partial charge on any atom is 0.123 e. The summed E-state index contributed by atoms with van der Waals surface area (Å²) in [6.45, 7) is 1.86. The maximum atomic E-state index is 6.15. The predicted molar refractivity (Wildman–Crippen MR) is 119 cm³/mol. The summed E-state index contributed by atoms with van der Waals surface area (Å²) in [7, 11) is 1.69.